The molecule has 0 spiro atoms. The molecule has 0 saturated heterocycles. The topological polar surface area (TPSA) is 86.8 Å². The van der Waals surface area contributed by atoms with E-state index < -0.39 is 34.1 Å². The summed E-state index contributed by atoms with van der Waals surface area (Å²) in [6.07, 6.45) is 1.48. The van der Waals surface area contributed by atoms with Gasteiger partial charge in [0.2, 0.25) is 21.8 Å². The molecule has 2 aromatic rings. The molecule has 2 aromatic carbocycles. The molecule has 0 aliphatic heterocycles. The highest BCUT2D eigenvalue weighted by Gasteiger charge is 2.33. The van der Waals surface area contributed by atoms with E-state index in [4.69, 9.17) is 0 Å². The van der Waals surface area contributed by atoms with Gasteiger partial charge >= 0.3 is 0 Å². The third-order valence-corrected chi connectivity index (χ3v) is 7.03. The van der Waals surface area contributed by atoms with Crippen LogP contribution in [0.3, 0.4) is 0 Å². The average molecular weight is 516 g/mol. The Hall–Kier alpha value is -2.87. The highest BCUT2D eigenvalue weighted by Crippen LogP contribution is 2.23. The first-order valence-electron chi connectivity index (χ1n) is 12.4. The molecule has 0 aliphatic carbocycles. The van der Waals surface area contributed by atoms with Gasteiger partial charge in [0.05, 0.1) is 11.9 Å². The molecular formula is C28H41N3O4S. The Morgan fingerprint density at radius 3 is 1.97 bits per heavy atom. The molecule has 0 radical (unpaired) electrons. The summed E-state index contributed by atoms with van der Waals surface area (Å²) in [7, 11) is -3.75. The summed E-state index contributed by atoms with van der Waals surface area (Å²) in [4.78, 5) is 28.4. The summed E-state index contributed by atoms with van der Waals surface area (Å²) in [5.74, 6) is -0.411. The average Bonchev–Trinajstić information content (AvgIpc) is 2.76. The predicted octanol–water partition coefficient (Wildman–Crippen LogP) is 4.61. The Morgan fingerprint density at radius 1 is 0.972 bits per heavy atom. The lowest BCUT2D eigenvalue weighted by Crippen LogP contribution is -2.55. The largest absolute Gasteiger partial charge is 0.350 e. The molecule has 2 amide bonds. The minimum Gasteiger partial charge on any atom is -0.350 e. The summed E-state index contributed by atoms with van der Waals surface area (Å²) < 4.78 is 26.6. The first-order valence-corrected chi connectivity index (χ1v) is 14.2. The molecule has 1 atom stereocenters. The minimum absolute atomic E-state index is 0.194. The van der Waals surface area contributed by atoms with Gasteiger partial charge in [-0.25, -0.2) is 8.42 Å². The molecular weight excluding hydrogens is 474 g/mol. The maximum Gasteiger partial charge on any atom is 0.244 e. The van der Waals surface area contributed by atoms with Gasteiger partial charge in [0.1, 0.15) is 12.6 Å². The Morgan fingerprint density at radius 2 is 1.53 bits per heavy atom. The molecule has 7 nitrogen and oxygen atoms in total. The molecule has 0 aromatic heterocycles. The zero-order valence-electron chi connectivity index (χ0n) is 22.8. The van der Waals surface area contributed by atoms with E-state index in [1.165, 1.54) is 4.90 Å². The van der Waals surface area contributed by atoms with E-state index >= 15 is 0 Å². The van der Waals surface area contributed by atoms with E-state index in [1.54, 1.807) is 12.1 Å². The number of sulfonamides is 1. The Bertz CT molecular complexity index is 1130. The van der Waals surface area contributed by atoms with Gasteiger partial charge in [0.25, 0.3) is 0 Å². The second-order valence-corrected chi connectivity index (χ2v) is 12.6. The number of rotatable bonds is 10. The molecule has 36 heavy (non-hydrogen) atoms. The van der Waals surface area contributed by atoms with Crippen molar-refractivity contribution in [2.75, 3.05) is 17.1 Å². The molecule has 0 aliphatic rings. The number of carbonyl (C=O) groups is 2. The number of aryl methyl sites for hydroxylation is 1. The minimum atomic E-state index is -3.75. The quantitative estimate of drug-likeness (QED) is 0.501. The summed E-state index contributed by atoms with van der Waals surface area (Å²) >= 11 is 0. The van der Waals surface area contributed by atoms with Crippen molar-refractivity contribution in [2.24, 2.45) is 0 Å². The molecule has 0 bridgehead atoms. The Kier molecular flexibility index (Phi) is 9.71. The maximum absolute atomic E-state index is 13.7. The SMILES string of the molecule is CCC(C(=O)NC(C)(C)C)N(Cc1ccc(C)cc1)C(=O)CN(c1ccc(C(C)C)cc1)S(C)(=O)=O. The van der Waals surface area contributed by atoms with E-state index in [0.29, 0.717) is 18.0 Å². The van der Waals surface area contributed by atoms with Crippen LogP contribution in [-0.4, -0.2) is 49.5 Å². The van der Waals surface area contributed by atoms with Crippen molar-refractivity contribution in [3.63, 3.8) is 0 Å². The number of anilines is 1. The molecule has 198 valence electrons. The van der Waals surface area contributed by atoms with Gasteiger partial charge in [0, 0.05) is 12.1 Å². The van der Waals surface area contributed by atoms with Crippen LogP contribution in [0.5, 0.6) is 0 Å². The van der Waals surface area contributed by atoms with Crippen molar-refractivity contribution < 1.29 is 18.0 Å². The number of carbonyl (C=O) groups excluding carboxylic acids is 2. The van der Waals surface area contributed by atoms with Crippen LogP contribution in [0.4, 0.5) is 5.69 Å². The van der Waals surface area contributed by atoms with Crippen LogP contribution in [0.1, 0.15) is 70.6 Å². The van der Waals surface area contributed by atoms with E-state index in [-0.39, 0.29) is 12.5 Å². The van der Waals surface area contributed by atoms with Gasteiger partial charge in [-0.05, 0) is 63.3 Å². The van der Waals surface area contributed by atoms with E-state index in [1.807, 2.05) is 71.0 Å². The lowest BCUT2D eigenvalue weighted by Gasteiger charge is -2.34. The molecule has 0 fully saturated rings. The highest BCUT2D eigenvalue weighted by molar-refractivity contribution is 7.92. The maximum atomic E-state index is 13.7. The fourth-order valence-corrected chi connectivity index (χ4v) is 4.75. The third-order valence-electron chi connectivity index (χ3n) is 5.88. The van der Waals surface area contributed by atoms with Gasteiger partial charge in [-0.2, -0.15) is 0 Å². The predicted molar refractivity (Wildman–Crippen MR) is 146 cm³/mol. The molecule has 2 rings (SSSR count). The van der Waals surface area contributed by atoms with Crippen LogP contribution < -0.4 is 9.62 Å². The van der Waals surface area contributed by atoms with Crippen molar-refractivity contribution in [3.05, 3.63) is 65.2 Å². The van der Waals surface area contributed by atoms with Crippen LogP contribution in [0, 0.1) is 6.92 Å². The first kappa shape index (κ1) is 29.4. The number of benzene rings is 2. The monoisotopic (exact) mass is 515 g/mol. The van der Waals surface area contributed by atoms with Gasteiger partial charge in [-0.3, -0.25) is 13.9 Å². The molecule has 1 N–H and O–H groups in total. The van der Waals surface area contributed by atoms with Crippen LogP contribution >= 0.6 is 0 Å². The normalized spacial score (nSPS) is 12.8. The van der Waals surface area contributed by atoms with E-state index in [2.05, 4.69) is 19.2 Å². The van der Waals surface area contributed by atoms with Crippen molar-refractivity contribution in [2.45, 2.75) is 78.9 Å². The summed E-state index contributed by atoms with van der Waals surface area (Å²) in [5, 5.41) is 2.97. The van der Waals surface area contributed by atoms with E-state index in [0.717, 1.165) is 27.3 Å². The zero-order valence-corrected chi connectivity index (χ0v) is 23.6. The number of nitrogens with one attached hydrogen (secondary N) is 1. The molecule has 8 heteroatoms. The van der Waals surface area contributed by atoms with Crippen LogP contribution in [0.25, 0.3) is 0 Å². The lowest BCUT2D eigenvalue weighted by atomic mass is 10.0. The lowest BCUT2D eigenvalue weighted by molar-refractivity contribution is -0.141. The number of nitrogens with zero attached hydrogens (tertiary/aromatic N) is 2. The second-order valence-electron chi connectivity index (χ2n) is 10.7. The van der Waals surface area contributed by atoms with Crippen molar-refractivity contribution in [3.8, 4) is 0 Å². The number of hydrogen-bond acceptors (Lipinski definition) is 4. The molecule has 1 unspecified atom stereocenters. The fourth-order valence-electron chi connectivity index (χ4n) is 3.90. The van der Waals surface area contributed by atoms with Crippen LogP contribution in [0.2, 0.25) is 0 Å². The van der Waals surface area contributed by atoms with Crippen molar-refractivity contribution in [1.29, 1.82) is 0 Å². The van der Waals surface area contributed by atoms with Crippen molar-refractivity contribution >= 4 is 27.5 Å². The molecule has 0 saturated carbocycles. The van der Waals surface area contributed by atoms with Gasteiger partial charge in [0.15, 0.2) is 0 Å². The third kappa shape index (κ3) is 8.36. The summed E-state index contributed by atoms with van der Waals surface area (Å²) in [6, 6.07) is 14.2. The van der Waals surface area contributed by atoms with E-state index in [9.17, 15) is 18.0 Å². The summed E-state index contributed by atoms with van der Waals surface area (Å²) in [6.45, 7) is 13.4. The first-order chi connectivity index (χ1) is 16.6. The highest BCUT2D eigenvalue weighted by atomic mass is 32.2. The van der Waals surface area contributed by atoms with Gasteiger partial charge < -0.3 is 10.2 Å². The van der Waals surface area contributed by atoms with Crippen LogP contribution in [0.15, 0.2) is 48.5 Å². The summed E-state index contributed by atoms with van der Waals surface area (Å²) in [5.41, 5.74) is 2.97. The van der Waals surface area contributed by atoms with Gasteiger partial charge in [-0.1, -0.05) is 62.7 Å². The second kappa shape index (κ2) is 11.9. The molecule has 0 heterocycles. The number of amides is 2. The standard InChI is InChI=1S/C28H41N3O4S/c1-9-25(27(33)29-28(5,6)7)30(18-22-12-10-21(4)11-13-22)26(32)19-31(36(8,34)35)24-16-14-23(15-17-24)20(2)3/h10-17,20,25H,9,18-19H2,1-8H3,(H,29,33). The Balaban J connectivity index is 2.44. The Labute approximate surface area is 216 Å². The fraction of sp³-hybridized carbons (Fsp3) is 0.500. The van der Waals surface area contributed by atoms with Crippen molar-refractivity contribution in [1.82, 2.24) is 10.2 Å². The van der Waals surface area contributed by atoms with Gasteiger partial charge in [-0.15, -0.1) is 0 Å². The smallest absolute Gasteiger partial charge is 0.244 e. The van der Waals surface area contributed by atoms with Crippen LogP contribution in [-0.2, 0) is 26.2 Å². The number of hydrogen-bond donors (Lipinski definition) is 1. The zero-order chi connectivity index (χ0) is 27.3.